The van der Waals surface area contributed by atoms with Gasteiger partial charge in [0.15, 0.2) is 0 Å². The van der Waals surface area contributed by atoms with Gasteiger partial charge in [0.05, 0.1) is 6.54 Å². The lowest BCUT2D eigenvalue weighted by atomic mass is 10.0. The molecule has 2 aromatic rings. The van der Waals surface area contributed by atoms with Gasteiger partial charge < -0.3 is 20.5 Å². The van der Waals surface area contributed by atoms with E-state index in [0.29, 0.717) is 29.5 Å². The number of primary amides is 1. The molecule has 0 spiro atoms. The van der Waals surface area contributed by atoms with Gasteiger partial charge in [-0.2, -0.15) is 0 Å². The van der Waals surface area contributed by atoms with E-state index in [4.69, 9.17) is 15.6 Å². The molecule has 2 fully saturated rings. The summed E-state index contributed by atoms with van der Waals surface area (Å²) >= 11 is 0. The lowest BCUT2D eigenvalue weighted by Crippen LogP contribution is -2.47. The molecule has 0 aromatic heterocycles. The fraction of sp³-hybridized carbons (Fsp3) is 0.483. The van der Waals surface area contributed by atoms with Crippen molar-refractivity contribution in [3.8, 4) is 5.75 Å². The minimum absolute atomic E-state index is 0.0262. The molecular formula is C29H36N4O5. The maximum atomic E-state index is 13.0. The van der Waals surface area contributed by atoms with Crippen molar-refractivity contribution in [1.29, 1.82) is 0 Å². The van der Waals surface area contributed by atoms with Gasteiger partial charge in [-0.3, -0.25) is 24.2 Å². The fourth-order valence-electron chi connectivity index (χ4n) is 5.62. The zero-order valence-electron chi connectivity index (χ0n) is 21.8. The molecule has 1 saturated heterocycles. The Hall–Kier alpha value is -3.43. The second-order valence-corrected chi connectivity index (χ2v) is 10.6. The molecule has 3 N–H and O–H groups in total. The van der Waals surface area contributed by atoms with Crippen LogP contribution in [0.4, 0.5) is 0 Å². The fourth-order valence-corrected chi connectivity index (χ4v) is 5.62. The largest absolute Gasteiger partial charge is 0.489 e. The van der Waals surface area contributed by atoms with Crippen LogP contribution in [0.2, 0.25) is 0 Å². The number of carboxylic acids is 1. The van der Waals surface area contributed by atoms with E-state index < -0.39 is 17.9 Å². The second kappa shape index (κ2) is 11.1. The number of ether oxygens (including phenoxy) is 1. The van der Waals surface area contributed by atoms with Crippen molar-refractivity contribution >= 4 is 17.8 Å². The monoisotopic (exact) mass is 520 g/mol. The van der Waals surface area contributed by atoms with Gasteiger partial charge in [-0.1, -0.05) is 30.3 Å². The number of amides is 2. The normalized spacial score (nSPS) is 19.7. The standard InChI is InChI=1S/C29H36N4O5/c1-19(31-13-15-32(16-14-31)22-9-10-22)21-7-5-20(6-8-21)18-38-26-4-2-3-23-24(26)17-33(29(23)37)25(28(30)36)11-12-27(34)35/h2-8,19,22,25H,9-18H2,1H3,(H2,30,36)(H,34,35)/t19-,25+/m1/s1. The van der Waals surface area contributed by atoms with Gasteiger partial charge >= 0.3 is 5.97 Å². The molecule has 2 heterocycles. The predicted octanol–water partition coefficient (Wildman–Crippen LogP) is 2.78. The summed E-state index contributed by atoms with van der Waals surface area (Å²) in [4.78, 5) is 42.6. The number of carbonyl (C=O) groups excluding carboxylic acids is 2. The highest BCUT2D eigenvalue weighted by Gasteiger charge is 2.37. The third-order valence-electron chi connectivity index (χ3n) is 8.11. The third-order valence-corrected chi connectivity index (χ3v) is 8.11. The minimum atomic E-state index is -1.04. The number of fused-ring (bicyclic) bond motifs is 1. The smallest absolute Gasteiger partial charge is 0.303 e. The topological polar surface area (TPSA) is 116 Å². The first kappa shape index (κ1) is 26.2. The molecule has 1 saturated carbocycles. The molecule has 2 aromatic carbocycles. The SMILES string of the molecule is C[C@H](c1ccc(COc2cccc3c2CN([C@@H](CCC(=O)O)C(N)=O)C3=O)cc1)N1CCN(C2CC2)CC1. The molecule has 0 bridgehead atoms. The van der Waals surface area contributed by atoms with Crippen molar-refractivity contribution in [2.24, 2.45) is 5.73 Å². The lowest BCUT2D eigenvalue weighted by molar-refractivity contribution is -0.137. The summed E-state index contributed by atoms with van der Waals surface area (Å²) < 4.78 is 6.12. The number of piperazine rings is 1. The Morgan fingerprint density at radius 1 is 1.08 bits per heavy atom. The molecule has 202 valence electrons. The van der Waals surface area contributed by atoms with E-state index >= 15 is 0 Å². The second-order valence-electron chi connectivity index (χ2n) is 10.6. The lowest BCUT2D eigenvalue weighted by Gasteiger charge is -2.38. The van der Waals surface area contributed by atoms with Crippen molar-refractivity contribution in [1.82, 2.24) is 14.7 Å². The number of nitrogens with zero attached hydrogens (tertiary/aromatic N) is 3. The summed E-state index contributed by atoms with van der Waals surface area (Å²) in [5.74, 6) is -1.52. The number of nitrogens with two attached hydrogens (primary N) is 1. The highest BCUT2D eigenvalue weighted by molar-refractivity contribution is 6.01. The molecule has 38 heavy (non-hydrogen) atoms. The average Bonchev–Trinajstić information content (AvgIpc) is 3.71. The number of rotatable bonds is 11. The first-order chi connectivity index (χ1) is 18.3. The van der Waals surface area contributed by atoms with E-state index in [-0.39, 0.29) is 25.3 Å². The summed E-state index contributed by atoms with van der Waals surface area (Å²) in [7, 11) is 0. The van der Waals surface area contributed by atoms with Crippen LogP contribution in [0.25, 0.3) is 0 Å². The first-order valence-electron chi connectivity index (χ1n) is 13.5. The van der Waals surface area contributed by atoms with E-state index in [9.17, 15) is 14.4 Å². The molecule has 5 rings (SSSR count). The first-order valence-corrected chi connectivity index (χ1v) is 13.5. The van der Waals surface area contributed by atoms with Crippen LogP contribution in [-0.4, -0.2) is 75.9 Å². The number of carboxylic acid groups (broad SMARTS) is 1. The van der Waals surface area contributed by atoms with Crippen LogP contribution in [-0.2, 0) is 22.7 Å². The van der Waals surface area contributed by atoms with Crippen molar-refractivity contribution < 1.29 is 24.2 Å². The van der Waals surface area contributed by atoms with Crippen molar-refractivity contribution in [3.05, 3.63) is 64.7 Å². The quantitative estimate of drug-likeness (QED) is 0.468. The molecule has 1 aliphatic carbocycles. The van der Waals surface area contributed by atoms with Crippen molar-refractivity contribution in [2.75, 3.05) is 26.2 Å². The molecule has 2 aliphatic heterocycles. The van der Waals surface area contributed by atoms with Crippen LogP contribution in [0.1, 0.15) is 65.7 Å². The molecule has 9 heteroatoms. The van der Waals surface area contributed by atoms with E-state index in [2.05, 4.69) is 41.0 Å². The minimum Gasteiger partial charge on any atom is -0.489 e. The van der Waals surface area contributed by atoms with Crippen LogP contribution in [0, 0.1) is 0 Å². The summed E-state index contributed by atoms with van der Waals surface area (Å²) in [5, 5.41) is 9.01. The summed E-state index contributed by atoms with van der Waals surface area (Å²) in [5.41, 5.74) is 8.96. The highest BCUT2D eigenvalue weighted by Crippen LogP contribution is 2.34. The van der Waals surface area contributed by atoms with E-state index in [1.54, 1.807) is 12.1 Å². The summed E-state index contributed by atoms with van der Waals surface area (Å²) in [6.07, 6.45) is 2.45. The molecule has 2 atom stereocenters. The van der Waals surface area contributed by atoms with Crippen LogP contribution in [0.15, 0.2) is 42.5 Å². The Morgan fingerprint density at radius 3 is 2.42 bits per heavy atom. The number of hydrogen-bond acceptors (Lipinski definition) is 6. The van der Waals surface area contributed by atoms with Crippen molar-refractivity contribution in [2.45, 2.75) is 63.9 Å². The van der Waals surface area contributed by atoms with E-state index in [0.717, 1.165) is 37.8 Å². The van der Waals surface area contributed by atoms with Crippen LogP contribution >= 0.6 is 0 Å². The maximum absolute atomic E-state index is 13.0. The molecule has 2 amide bonds. The van der Waals surface area contributed by atoms with Crippen LogP contribution < -0.4 is 10.5 Å². The van der Waals surface area contributed by atoms with Gasteiger partial charge in [0.1, 0.15) is 18.4 Å². The molecule has 0 unspecified atom stereocenters. The Balaban J connectivity index is 1.20. The maximum Gasteiger partial charge on any atom is 0.303 e. The summed E-state index contributed by atoms with van der Waals surface area (Å²) in [6, 6.07) is 14.0. The average molecular weight is 521 g/mol. The van der Waals surface area contributed by atoms with Crippen molar-refractivity contribution in [3.63, 3.8) is 0 Å². The van der Waals surface area contributed by atoms with Gasteiger partial charge in [0, 0.05) is 55.8 Å². The van der Waals surface area contributed by atoms with E-state index in [1.165, 1.54) is 23.3 Å². The Kier molecular flexibility index (Phi) is 7.67. The zero-order valence-corrected chi connectivity index (χ0v) is 21.8. The Bertz CT molecular complexity index is 1190. The van der Waals surface area contributed by atoms with Gasteiger partial charge in [0.25, 0.3) is 5.91 Å². The van der Waals surface area contributed by atoms with Gasteiger partial charge in [0.2, 0.25) is 5.91 Å². The number of benzene rings is 2. The van der Waals surface area contributed by atoms with Crippen LogP contribution in [0.3, 0.4) is 0 Å². The molecule has 3 aliphatic rings. The Labute approximate surface area is 223 Å². The highest BCUT2D eigenvalue weighted by atomic mass is 16.5. The van der Waals surface area contributed by atoms with Gasteiger partial charge in [-0.05, 0) is 49.4 Å². The zero-order chi connectivity index (χ0) is 26.8. The Morgan fingerprint density at radius 2 is 1.79 bits per heavy atom. The summed E-state index contributed by atoms with van der Waals surface area (Å²) in [6.45, 7) is 7.28. The van der Waals surface area contributed by atoms with Crippen LogP contribution in [0.5, 0.6) is 5.75 Å². The van der Waals surface area contributed by atoms with Gasteiger partial charge in [-0.25, -0.2) is 0 Å². The number of hydrogen-bond donors (Lipinski definition) is 2. The number of aliphatic carboxylic acids is 1. The third kappa shape index (κ3) is 5.68. The van der Waals surface area contributed by atoms with E-state index in [1.807, 2.05) is 6.07 Å². The number of carbonyl (C=O) groups is 3. The van der Waals surface area contributed by atoms with Gasteiger partial charge in [-0.15, -0.1) is 0 Å². The molecule has 9 nitrogen and oxygen atoms in total. The predicted molar refractivity (Wildman–Crippen MR) is 142 cm³/mol. The molecular weight excluding hydrogens is 484 g/mol. The molecule has 0 radical (unpaired) electrons.